The molecule has 1 aromatic heterocycles. The van der Waals surface area contributed by atoms with E-state index >= 15 is 0 Å². The minimum absolute atomic E-state index is 0.0593. The average molecular weight is 618 g/mol. The van der Waals surface area contributed by atoms with Gasteiger partial charge in [-0.1, -0.05) is 83.1 Å². The summed E-state index contributed by atoms with van der Waals surface area (Å²) in [5, 5.41) is 3.18. The number of anilines is 1. The van der Waals surface area contributed by atoms with Crippen molar-refractivity contribution in [3.05, 3.63) is 104 Å². The maximum atomic E-state index is 11.5. The van der Waals surface area contributed by atoms with E-state index in [1.54, 1.807) is 23.1 Å². The summed E-state index contributed by atoms with van der Waals surface area (Å²) in [6.45, 7) is 4.93. The first-order valence-corrected chi connectivity index (χ1v) is 16.3. The number of fused-ring (bicyclic) bond motifs is 2. The summed E-state index contributed by atoms with van der Waals surface area (Å²) in [6.07, 6.45) is 5.01. The predicted molar refractivity (Wildman–Crippen MR) is 163 cm³/mol. The molecule has 2 heterocycles. The minimum atomic E-state index is -4.37. The quantitative estimate of drug-likeness (QED) is 0.150. The number of thiazole rings is 1. The maximum Gasteiger partial charge on any atom is 0.263 e. The van der Waals surface area contributed by atoms with Crippen LogP contribution in [-0.2, 0) is 16.7 Å². The molecule has 1 aliphatic rings. The van der Waals surface area contributed by atoms with Gasteiger partial charge < -0.3 is 9.45 Å². The van der Waals surface area contributed by atoms with Crippen LogP contribution in [0.5, 0.6) is 0 Å². The molecular weight excluding hydrogens is 591 g/mol. The Bertz CT molecular complexity index is 1710. The van der Waals surface area contributed by atoms with Crippen LogP contribution in [0.4, 0.5) is 5.69 Å². The van der Waals surface area contributed by atoms with Gasteiger partial charge in [0.2, 0.25) is 5.52 Å². The summed E-state index contributed by atoms with van der Waals surface area (Å²) >= 11 is 15.9. The molecule has 0 saturated carbocycles. The van der Waals surface area contributed by atoms with Crippen LogP contribution in [0.25, 0.3) is 16.3 Å². The molecule has 0 unspecified atom stereocenters. The fourth-order valence-corrected chi connectivity index (χ4v) is 7.40. The van der Waals surface area contributed by atoms with Crippen molar-refractivity contribution in [3.63, 3.8) is 0 Å². The summed E-state index contributed by atoms with van der Waals surface area (Å²) in [5.41, 5.74) is 5.36. The molecule has 39 heavy (non-hydrogen) atoms. The van der Waals surface area contributed by atoms with Gasteiger partial charge in [-0.15, -0.1) is 0 Å². The first kappa shape index (κ1) is 28.2. The molecule has 3 aromatic carbocycles. The van der Waals surface area contributed by atoms with Crippen molar-refractivity contribution in [2.75, 3.05) is 17.2 Å². The van der Waals surface area contributed by atoms with Crippen molar-refractivity contribution in [1.82, 2.24) is 0 Å². The molecule has 4 aromatic rings. The normalized spacial score (nSPS) is 14.9. The van der Waals surface area contributed by atoms with Gasteiger partial charge in [-0.2, -0.15) is 4.57 Å². The van der Waals surface area contributed by atoms with Gasteiger partial charge >= 0.3 is 0 Å². The third kappa shape index (κ3) is 6.70. The van der Waals surface area contributed by atoms with Gasteiger partial charge in [0.25, 0.3) is 5.01 Å². The van der Waals surface area contributed by atoms with Crippen LogP contribution in [0, 0.1) is 6.92 Å². The number of aryl methyl sites for hydroxylation is 1. The van der Waals surface area contributed by atoms with Gasteiger partial charge in [0.15, 0.2) is 6.54 Å². The topological polar surface area (TPSA) is 64.3 Å². The van der Waals surface area contributed by atoms with Gasteiger partial charge in [-0.05, 0) is 55.3 Å². The van der Waals surface area contributed by atoms with Gasteiger partial charge in [0.1, 0.15) is 4.70 Å². The van der Waals surface area contributed by atoms with Crippen LogP contribution >= 0.6 is 46.3 Å². The van der Waals surface area contributed by atoms with Crippen LogP contribution in [0.1, 0.15) is 29.5 Å². The Labute approximate surface area is 247 Å². The SMILES string of the molecule is CCC(=Cc1sc2ccc(Cl)cc2[n+]1Cc1ccc(C)cc1)C=C1Sc2ccc(Cl)cc2N1CCS(=O)(=O)[O-]. The number of benzene rings is 3. The number of halogens is 2. The number of thioether (sulfide) groups is 1. The van der Waals surface area contributed by atoms with E-state index in [0.29, 0.717) is 16.6 Å². The lowest BCUT2D eigenvalue weighted by Crippen LogP contribution is -2.35. The van der Waals surface area contributed by atoms with Crippen LogP contribution in [0.2, 0.25) is 10.0 Å². The zero-order chi connectivity index (χ0) is 27.7. The summed E-state index contributed by atoms with van der Waals surface area (Å²) in [4.78, 5) is 2.84. The van der Waals surface area contributed by atoms with E-state index in [2.05, 4.69) is 54.8 Å². The Morgan fingerprint density at radius 3 is 2.49 bits per heavy atom. The minimum Gasteiger partial charge on any atom is -0.748 e. The summed E-state index contributed by atoms with van der Waals surface area (Å²) < 4.78 is 37.8. The highest BCUT2D eigenvalue weighted by atomic mass is 35.5. The second-order valence-corrected chi connectivity index (χ2v) is 13.8. The van der Waals surface area contributed by atoms with Crippen molar-refractivity contribution in [2.45, 2.75) is 31.7 Å². The fraction of sp³-hybridized carbons (Fsp3) is 0.207. The Balaban J connectivity index is 1.56. The number of nitrogens with zero attached hydrogens (tertiary/aromatic N) is 2. The Kier molecular flexibility index (Phi) is 8.42. The first-order valence-electron chi connectivity index (χ1n) is 12.4. The van der Waals surface area contributed by atoms with E-state index < -0.39 is 15.9 Å². The van der Waals surface area contributed by atoms with Crippen molar-refractivity contribution in [1.29, 1.82) is 0 Å². The van der Waals surface area contributed by atoms with Gasteiger partial charge in [-0.25, -0.2) is 8.42 Å². The Morgan fingerprint density at radius 2 is 1.77 bits per heavy atom. The maximum absolute atomic E-state index is 11.5. The van der Waals surface area contributed by atoms with Crippen LogP contribution in [-0.4, -0.2) is 25.3 Å². The number of rotatable bonds is 8. The van der Waals surface area contributed by atoms with Crippen molar-refractivity contribution >= 4 is 78.4 Å². The molecular formula is C29H26Cl2N2O3S3. The molecule has 202 valence electrons. The third-order valence-electron chi connectivity index (χ3n) is 6.44. The highest BCUT2D eigenvalue weighted by molar-refractivity contribution is 8.03. The Morgan fingerprint density at radius 1 is 1.05 bits per heavy atom. The molecule has 0 N–H and O–H groups in total. The second kappa shape index (κ2) is 11.6. The monoisotopic (exact) mass is 616 g/mol. The molecule has 1 aliphatic heterocycles. The van der Waals surface area contributed by atoms with E-state index in [0.717, 1.165) is 42.8 Å². The van der Waals surface area contributed by atoms with Crippen molar-refractivity contribution in [2.24, 2.45) is 0 Å². The van der Waals surface area contributed by atoms with Crippen LogP contribution in [0.15, 0.2) is 82.2 Å². The molecule has 0 fully saturated rings. The smallest absolute Gasteiger partial charge is 0.263 e. The second-order valence-electron chi connectivity index (χ2n) is 9.31. The predicted octanol–water partition coefficient (Wildman–Crippen LogP) is 7.64. The summed E-state index contributed by atoms with van der Waals surface area (Å²) in [5.74, 6) is -0.490. The largest absolute Gasteiger partial charge is 0.748 e. The fourth-order valence-electron chi connectivity index (χ4n) is 4.40. The van der Waals surface area contributed by atoms with Crippen LogP contribution < -0.4 is 9.47 Å². The highest BCUT2D eigenvalue weighted by Crippen LogP contribution is 2.47. The molecule has 0 radical (unpaired) electrons. The molecule has 0 atom stereocenters. The standard InChI is InChI=1S/C29H26Cl2N2O3S3/c1-3-20(14-28-32(12-13-39(34,35)36)24-16-22(30)8-10-26(24)37-28)15-29-33(18-21-6-4-19(2)5-7-21)25-17-23(31)9-11-27(25)38-29/h4-11,14-17H,3,12-13,18H2,1-2H3. The van der Waals surface area contributed by atoms with Crippen molar-refractivity contribution < 1.29 is 17.5 Å². The van der Waals surface area contributed by atoms with E-state index in [1.165, 1.54) is 11.1 Å². The Hall–Kier alpha value is -2.33. The molecule has 5 rings (SSSR count). The van der Waals surface area contributed by atoms with E-state index in [9.17, 15) is 13.0 Å². The number of aromatic nitrogens is 1. The average Bonchev–Trinajstić information content (AvgIpc) is 3.39. The van der Waals surface area contributed by atoms with Gasteiger partial charge in [0.05, 0.1) is 26.6 Å². The number of allylic oxidation sites excluding steroid dienone is 2. The molecule has 0 saturated heterocycles. The summed E-state index contributed by atoms with van der Waals surface area (Å²) in [7, 11) is -4.37. The first-order chi connectivity index (χ1) is 18.6. The molecule has 0 amide bonds. The molecule has 0 bridgehead atoms. The van der Waals surface area contributed by atoms with Crippen LogP contribution in [0.3, 0.4) is 0 Å². The van der Waals surface area contributed by atoms with E-state index in [-0.39, 0.29) is 6.54 Å². The van der Waals surface area contributed by atoms with E-state index in [1.807, 2.05) is 41.3 Å². The van der Waals surface area contributed by atoms with Gasteiger partial charge in [-0.3, -0.25) is 0 Å². The molecule has 0 aliphatic carbocycles. The molecule has 5 nitrogen and oxygen atoms in total. The summed E-state index contributed by atoms with van der Waals surface area (Å²) in [6, 6.07) is 20.0. The van der Waals surface area contributed by atoms with Crippen molar-refractivity contribution in [3.8, 4) is 0 Å². The molecule has 0 spiro atoms. The third-order valence-corrected chi connectivity index (χ3v) is 9.81. The van der Waals surface area contributed by atoms with Gasteiger partial charge in [0, 0.05) is 39.2 Å². The van der Waals surface area contributed by atoms with E-state index in [4.69, 9.17) is 23.2 Å². The highest BCUT2D eigenvalue weighted by Gasteiger charge is 2.26. The number of hydrogen-bond acceptors (Lipinski definition) is 6. The number of hydrogen-bond donors (Lipinski definition) is 0. The molecule has 10 heteroatoms. The zero-order valence-corrected chi connectivity index (χ0v) is 25.3. The zero-order valence-electron chi connectivity index (χ0n) is 21.4. The lowest BCUT2D eigenvalue weighted by molar-refractivity contribution is -0.659. The lowest BCUT2D eigenvalue weighted by Gasteiger charge is -2.21. The lowest BCUT2D eigenvalue weighted by atomic mass is 10.1.